The van der Waals surface area contributed by atoms with Gasteiger partial charge in [-0.25, -0.2) is 13.2 Å². The predicted octanol–water partition coefficient (Wildman–Crippen LogP) is 5.22. The summed E-state index contributed by atoms with van der Waals surface area (Å²) in [6, 6.07) is 10.6. The second kappa shape index (κ2) is 12.2. The van der Waals surface area contributed by atoms with E-state index in [-0.39, 0.29) is 34.9 Å². The third kappa shape index (κ3) is 5.76. The van der Waals surface area contributed by atoms with Crippen LogP contribution in [0.5, 0.6) is 0 Å². The van der Waals surface area contributed by atoms with Crippen LogP contribution in [0.3, 0.4) is 0 Å². The monoisotopic (exact) mass is 654 g/mol. The number of pyridine rings is 2. The maximum atomic E-state index is 14.0. The summed E-state index contributed by atoms with van der Waals surface area (Å²) in [5.41, 5.74) is 4.56. The van der Waals surface area contributed by atoms with Crippen molar-refractivity contribution in [3.8, 4) is 28.7 Å². The van der Waals surface area contributed by atoms with Gasteiger partial charge in [-0.3, -0.25) is 14.5 Å². The first kappa shape index (κ1) is 31.0. The van der Waals surface area contributed by atoms with Crippen molar-refractivity contribution in [3.05, 3.63) is 75.6 Å². The minimum Gasteiger partial charge on any atom is -0.421 e. The first-order valence-electron chi connectivity index (χ1n) is 15.8. The number of aromatic nitrogens is 5. The van der Waals surface area contributed by atoms with E-state index in [1.165, 1.54) is 10.8 Å². The molecule has 1 saturated heterocycles. The lowest BCUT2D eigenvalue weighted by Crippen LogP contribution is -2.17. The summed E-state index contributed by atoms with van der Waals surface area (Å²) in [5.74, 6) is 0.134. The zero-order valence-corrected chi connectivity index (χ0v) is 27.2. The fraction of sp³-hybridized carbons (Fsp3) is 0.412. The minimum absolute atomic E-state index is 0.0385. The molecular weight excluding hydrogens is 620 g/mol. The van der Waals surface area contributed by atoms with Crippen LogP contribution in [0.1, 0.15) is 67.6 Å². The van der Waals surface area contributed by atoms with E-state index in [1.807, 2.05) is 19.9 Å². The van der Waals surface area contributed by atoms with Crippen molar-refractivity contribution < 1.29 is 22.0 Å². The molecule has 2 aliphatic rings. The van der Waals surface area contributed by atoms with Crippen LogP contribution in [0.2, 0.25) is 0 Å². The molecule has 6 heterocycles. The highest BCUT2D eigenvalue weighted by Crippen LogP contribution is 2.48. The first-order valence-corrected chi connectivity index (χ1v) is 17.4. The molecule has 2 aliphatic heterocycles. The van der Waals surface area contributed by atoms with E-state index in [0.717, 1.165) is 32.5 Å². The van der Waals surface area contributed by atoms with Crippen molar-refractivity contribution in [1.82, 2.24) is 24.7 Å². The van der Waals surface area contributed by atoms with Crippen LogP contribution >= 0.6 is 0 Å². The quantitative estimate of drug-likeness (QED) is 0.215. The Hall–Kier alpha value is -4.67. The van der Waals surface area contributed by atoms with Crippen LogP contribution in [-0.2, 0) is 27.5 Å². The highest BCUT2D eigenvalue weighted by molar-refractivity contribution is 7.92. The normalized spacial score (nSPS) is 17.7. The number of rotatable bonds is 8. The fourth-order valence-corrected chi connectivity index (χ4v) is 8.92. The van der Waals surface area contributed by atoms with Crippen LogP contribution < -0.4 is 5.76 Å². The lowest BCUT2D eigenvalue weighted by Gasteiger charge is -2.23. The molecule has 1 aromatic carbocycles. The summed E-state index contributed by atoms with van der Waals surface area (Å²) in [7, 11) is -3.75. The van der Waals surface area contributed by atoms with Crippen LogP contribution in [0.4, 0.5) is 0 Å². The maximum Gasteiger partial charge on any atom is 0.420 e. The van der Waals surface area contributed by atoms with Gasteiger partial charge in [0.15, 0.2) is 15.4 Å². The highest BCUT2D eigenvalue weighted by atomic mass is 32.2. The van der Waals surface area contributed by atoms with Gasteiger partial charge in [0.05, 0.1) is 50.9 Å². The third-order valence-corrected chi connectivity index (χ3v) is 11.1. The molecule has 7 rings (SSSR count). The molecule has 0 aliphatic carbocycles. The molecule has 1 atom stereocenters. The topological polar surface area (TPSA) is 167 Å². The molecule has 0 unspecified atom stereocenters. The Labute approximate surface area is 271 Å². The fourth-order valence-electron chi connectivity index (χ4n) is 6.69. The number of oxazole rings is 1. The Kier molecular flexibility index (Phi) is 8.01. The average Bonchev–Trinajstić information content (AvgIpc) is 3.72. The van der Waals surface area contributed by atoms with E-state index in [2.05, 4.69) is 15.2 Å². The van der Waals surface area contributed by atoms with Gasteiger partial charge in [0.2, 0.25) is 11.8 Å². The van der Waals surface area contributed by atoms with Gasteiger partial charge < -0.3 is 13.6 Å². The number of benzene rings is 1. The molecule has 1 fully saturated rings. The summed E-state index contributed by atoms with van der Waals surface area (Å²) in [5, 5.41) is 17.5. The minimum atomic E-state index is -3.75. The molecular formula is C34H34N6O6S. The van der Waals surface area contributed by atoms with E-state index in [4.69, 9.17) is 23.8 Å². The Morgan fingerprint density at radius 2 is 1.89 bits per heavy atom. The summed E-state index contributed by atoms with van der Waals surface area (Å²) >= 11 is 0. The van der Waals surface area contributed by atoms with Gasteiger partial charge in [0.1, 0.15) is 6.07 Å². The number of hydrogen-bond donors (Lipinski definition) is 0. The molecule has 12 nitrogen and oxygen atoms in total. The summed E-state index contributed by atoms with van der Waals surface area (Å²) in [4.78, 5) is 22.6. The molecule has 47 heavy (non-hydrogen) atoms. The Morgan fingerprint density at radius 1 is 1.09 bits per heavy atom. The molecule has 0 N–H and O–H groups in total. The lowest BCUT2D eigenvalue weighted by atomic mass is 9.88. The van der Waals surface area contributed by atoms with Crippen LogP contribution in [-0.4, -0.2) is 52.1 Å². The molecule has 4 aromatic heterocycles. The molecule has 0 amide bonds. The highest BCUT2D eigenvalue weighted by Gasteiger charge is 2.43. The van der Waals surface area contributed by atoms with Crippen LogP contribution in [0.25, 0.3) is 33.7 Å². The standard InChI is InChI=1S/C34H34N6O6S/c1-19(2)25-18-47(42,43)32-29(23-6-9-27-28(14-23)46-34(41)40(27)17-24-7-4-22(15-35)16-36-24)30(33-39-38-20(3)45-33)26(37-31(25)32)8-5-21-10-12-44-13-11-21/h4,6-7,9,14,16,19,21,25H,5,8,10-13,17-18H2,1-3H3/t25-/m1/s1. The molecule has 5 aromatic rings. The number of fused-ring (bicyclic) bond motifs is 2. The number of aryl methyl sites for hydroxylation is 2. The Bertz CT molecular complexity index is 2190. The SMILES string of the molecule is Cc1nnc(-c2c(CCC3CCOCC3)nc3c(c2-c2ccc4c(c2)oc(=O)n4Cc2ccc(C#N)cn2)S(=O)(=O)C[C@@H]3C(C)C)o1. The summed E-state index contributed by atoms with van der Waals surface area (Å²) in [6.45, 7) is 7.30. The van der Waals surface area contributed by atoms with Crippen LogP contribution in [0, 0.1) is 30.1 Å². The third-order valence-electron chi connectivity index (χ3n) is 9.22. The van der Waals surface area contributed by atoms with E-state index >= 15 is 0 Å². The van der Waals surface area contributed by atoms with Gasteiger partial charge in [-0.05, 0) is 67.3 Å². The first-order chi connectivity index (χ1) is 22.6. The number of ether oxygens (including phenoxy) is 1. The molecule has 0 spiro atoms. The van der Waals surface area contributed by atoms with Gasteiger partial charge in [-0.15, -0.1) is 10.2 Å². The predicted molar refractivity (Wildman–Crippen MR) is 171 cm³/mol. The van der Waals surface area contributed by atoms with Crippen molar-refractivity contribution in [1.29, 1.82) is 5.26 Å². The molecule has 0 radical (unpaired) electrons. The number of hydrogen-bond acceptors (Lipinski definition) is 11. The van der Waals surface area contributed by atoms with E-state index < -0.39 is 15.6 Å². The summed E-state index contributed by atoms with van der Waals surface area (Å²) < 4.78 is 46.7. The Balaban J connectivity index is 1.42. The van der Waals surface area contributed by atoms with Crippen molar-refractivity contribution >= 4 is 20.9 Å². The molecule has 242 valence electrons. The lowest BCUT2D eigenvalue weighted by molar-refractivity contribution is 0.0639. The number of nitriles is 1. The smallest absolute Gasteiger partial charge is 0.420 e. The second-order valence-corrected chi connectivity index (χ2v) is 14.6. The van der Waals surface area contributed by atoms with Gasteiger partial charge >= 0.3 is 5.76 Å². The molecule has 13 heteroatoms. The Morgan fingerprint density at radius 3 is 2.57 bits per heavy atom. The van der Waals surface area contributed by atoms with Gasteiger partial charge in [-0.2, -0.15) is 5.26 Å². The van der Waals surface area contributed by atoms with Crippen molar-refractivity contribution in [2.24, 2.45) is 11.8 Å². The zero-order chi connectivity index (χ0) is 32.9. The number of sulfone groups is 1. The maximum absolute atomic E-state index is 14.0. The van der Waals surface area contributed by atoms with Crippen molar-refractivity contribution in [2.45, 2.75) is 63.8 Å². The van der Waals surface area contributed by atoms with E-state index in [9.17, 15) is 13.2 Å². The van der Waals surface area contributed by atoms with Gasteiger partial charge in [0, 0.05) is 37.8 Å². The second-order valence-electron chi connectivity index (χ2n) is 12.7. The van der Waals surface area contributed by atoms with E-state index in [0.29, 0.717) is 68.7 Å². The van der Waals surface area contributed by atoms with Gasteiger partial charge in [0.25, 0.3) is 0 Å². The summed E-state index contributed by atoms with van der Waals surface area (Å²) in [6.07, 6.45) is 4.82. The van der Waals surface area contributed by atoms with Crippen molar-refractivity contribution in [3.63, 3.8) is 0 Å². The molecule has 0 bridgehead atoms. The molecule has 0 saturated carbocycles. The zero-order valence-electron chi connectivity index (χ0n) is 26.4. The van der Waals surface area contributed by atoms with Gasteiger partial charge in [-0.1, -0.05) is 19.9 Å². The largest absolute Gasteiger partial charge is 0.421 e. The van der Waals surface area contributed by atoms with E-state index in [1.54, 1.807) is 37.3 Å². The van der Waals surface area contributed by atoms with Crippen molar-refractivity contribution in [2.75, 3.05) is 19.0 Å². The number of nitrogens with zero attached hydrogens (tertiary/aromatic N) is 6. The average molecular weight is 655 g/mol. The van der Waals surface area contributed by atoms with Crippen LogP contribution in [0.15, 0.2) is 55.1 Å².